The summed E-state index contributed by atoms with van der Waals surface area (Å²) >= 11 is 0. The van der Waals surface area contributed by atoms with E-state index >= 15 is 0 Å². The number of ether oxygens (including phenoxy) is 2. The summed E-state index contributed by atoms with van der Waals surface area (Å²) in [6.07, 6.45) is 2.97. The van der Waals surface area contributed by atoms with Crippen molar-refractivity contribution in [2.45, 2.75) is 0 Å². The Kier molecular flexibility index (Phi) is 7.69. The van der Waals surface area contributed by atoms with Crippen LogP contribution >= 0.6 is 0 Å². The van der Waals surface area contributed by atoms with Crippen LogP contribution in [0.4, 0.5) is 0 Å². The Morgan fingerprint density at radius 2 is 1.12 bits per heavy atom. The first kappa shape index (κ1) is 22.2. The normalized spacial score (nSPS) is 10.8. The maximum Gasteiger partial charge on any atom is 0.271 e. The second kappa shape index (κ2) is 11.1. The average molecular weight is 430 g/mol. The highest BCUT2D eigenvalue weighted by Crippen LogP contribution is 2.15. The lowest BCUT2D eigenvalue weighted by Crippen LogP contribution is -2.21. The Morgan fingerprint density at radius 1 is 0.688 bits per heavy atom. The van der Waals surface area contributed by atoms with Gasteiger partial charge in [0.1, 0.15) is 11.5 Å². The van der Waals surface area contributed by atoms with Gasteiger partial charge in [-0.25, -0.2) is 10.9 Å². The van der Waals surface area contributed by atoms with E-state index in [1.807, 2.05) is 36.4 Å². The Hall–Kier alpha value is -4.46. The highest BCUT2D eigenvalue weighted by molar-refractivity contribution is 6.00. The third-order valence-corrected chi connectivity index (χ3v) is 4.40. The number of rotatable bonds is 8. The monoisotopic (exact) mass is 430 g/mol. The van der Waals surface area contributed by atoms with E-state index in [0.717, 1.165) is 11.1 Å². The van der Waals surface area contributed by atoms with Gasteiger partial charge in [-0.1, -0.05) is 30.3 Å². The lowest BCUT2D eigenvalue weighted by Gasteiger charge is -2.05. The maximum absolute atomic E-state index is 12.4. The summed E-state index contributed by atoms with van der Waals surface area (Å²) in [4.78, 5) is 24.8. The van der Waals surface area contributed by atoms with Gasteiger partial charge in [0.2, 0.25) is 0 Å². The van der Waals surface area contributed by atoms with Crippen molar-refractivity contribution in [1.82, 2.24) is 10.9 Å². The van der Waals surface area contributed by atoms with Crippen molar-refractivity contribution in [1.29, 1.82) is 0 Å². The minimum absolute atomic E-state index is 0.281. The molecule has 32 heavy (non-hydrogen) atoms. The van der Waals surface area contributed by atoms with Gasteiger partial charge in [0.15, 0.2) is 0 Å². The molecular formula is C24H22N4O4. The number of hydrogen-bond acceptors (Lipinski definition) is 6. The van der Waals surface area contributed by atoms with E-state index in [-0.39, 0.29) is 11.1 Å². The summed E-state index contributed by atoms with van der Waals surface area (Å²) in [6.45, 7) is 0. The van der Waals surface area contributed by atoms with Gasteiger partial charge in [0.25, 0.3) is 11.8 Å². The van der Waals surface area contributed by atoms with Crippen molar-refractivity contribution in [2.24, 2.45) is 10.2 Å². The Morgan fingerprint density at radius 3 is 1.56 bits per heavy atom. The lowest BCUT2D eigenvalue weighted by atomic mass is 10.1. The molecule has 0 saturated heterocycles. The number of hydrogen-bond donors (Lipinski definition) is 2. The van der Waals surface area contributed by atoms with Crippen molar-refractivity contribution in [3.8, 4) is 11.5 Å². The van der Waals surface area contributed by atoms with Crippen LogP contribution in [0.1, 0.15) is 31.8 Å². The first-order valence-electron chi connectivity index (χ1n) is 9.65. The molecule has 0 aliphatic rings. The largest absolute Gasteiger partial charge is 0.496 e. The number of benzene rings is 3. The van der Waals surface area contributed by atoms with Crippen LogP contribution in [0.5, 0.6) is 11.5 Å². The number of methoxy groups -OCH3 is 2. The van der Waals surface area contributed by atoms with Gasteiger partial charge >= 0.3 is 0 Å². The zero-order chi connectivity index (χ0) is 22.8. The molecule has 0 unspecified atom stereocenters. The number of carbonyl (C=O) groups excluding carboxylic acids is 2. The van der Waals surface area contributed by atoms with E-state index < -0.39 is 11.8 Å². The zero-order valence-corrected chi connectivity index (χ0v) is 17.6. The molecule has 3 aromatic rings. The van der Waals surface area contributed by atoms with Crippen LogP contribution in [0, 0.1) is 0 Å². The Bertz CT molecular complexity index is 1070. The average Bonchev–Trinajstić information content (AvgIpc) is 2.84. The minimum atomic E-state index is -0.455. The number of nitrogens with zero attached hydrogens (tertiary/aromatic N) is 2. The van der Waals surface area contributed by atoms with Gasteiger partial charge in [-0.2, -0.15) is 10.2 Å². The van der Waals surface area contributed by atoms with Crippen LogP contribution in [-0.2, 0) is 0 Å². The van der Waals surface area contributed by atoms with Crippen LogP contribution in [0.3, 0.4) is 0 Å². The van der Waals surface area contributed by atoms with Gasteiger partial charge in [0.05, 0.1) is 26.6 Å². The fraction of sp³-hybridized carbons (Fsp3) is 0.0833. The molecule has 3 rings (SSSR count). The molecule has 2 N–H and O–H groups in total. The molecule has 2 amide bonds. The molecule has 0 heterocycles. The van der Waals surface area contributed by atoms with Crippen molar-refractivity contribution in [2.75, 3.05) is 14.2 Å². The zero-order valence-electron chi connectivity index (χ0n) is 17.6. The number of hydrazone groups is 2. The molecule has 8 nitrogen and oxygen atoms in total. The summed E-state index contributed by atoms with van der Waals surface area (Å²) in [5, 5.41) is 7.92. The Balaban J connectivity index is 1.62. The van der Waals surface area contributed by atoms with Gasteiger partial charge in [-0.15, -0.1) is 0 Å². The number of para-hydroxylation sites is 2. The maximum atomic E-state index is 12.4. The van der Waals surface area contributed by atoms with E-state index in [1.165, 1.54) is 18.5 Å². The van der Waals surface area contributed by atoms with Crippen LogP contribution in [0.2, 0.25) is 0 Å². The molecule has 0 atom stereocenters. The van der Waals surface area contributed by atoms with E-state index in [9.17, 15) is 9.59 Å². The molecular weight excluding hydrogens is 408 g/mol. The first-order chi connectivity index (χ1) is 15.6. The van der Waals surface area contributed by atoms with E-state index in [2.05, 4.69) is 21.1 Å². The molecule has 0 aromatic heterocycles. The topological polar surface area (TPSA) is 101 Å². The van der Waals surface area contributed by atoms with Crippen LogP contribution in [0.25, 0.3) is 0 Å². The number of carbonyl (C=O) groups is 2. The highest BCUT2D eigenvalue weighted by Gasteiger charge is 2.10. The van der Waals surface area contributed by atoms with Gasteiger partial charge < -0.3 is 9.47 Å². The summed E-state index contributed by atoms with van der Waals surface area (Å²) in [5.41, 5.74) is 6.88. The molecule has 0 radical (unpaired) electrons. The molecule has 8 heteroatoms. The fourth-order valence-corrected chi connectivity index (χ4v) is 2.80. The lowest BCUT2D eigenvalue weighted by molar-refractivity contribution is 0.0954. The quantitative estimate of drug-likeness (QED) is 0.423. The fourth-order valence-electron chi connectivity index (χ4n) is 2.80. The molecule has 3 aromatic carbocycles. The SMILES string of the molecule is COc1ccccc1/C=N\NC(=O)c1cccc(C(=O)N/N=C\c2ccccc2OC)c1. The molecule has 0 aliphatic carbocycles. The predicted octanol–water partition coefficient (Wildman–Crippen LogP) is 3.23. The third kappa shape index (κ3) is 5.79. The summed E-state index contributed by atoms with van der Waals surface area (Å²) in [7, 11) is 3.12. The van der Waals surface area contributed by atoms with E-state index in [0.29, 0.717) is 11.5 Å². The summed E-state index contributed by atoms with van der Waals surface area (Å²) in [5.74, 6) is 0.363. The summed E-state index contributed by atoms with van der Waals surface area (Å²) in [6, 6.07) is 20.8. The smallest absolute Gasteiger partial charge is 0.271 e. The van der Waals surface area contributed by atoms with Crippen molar-refractivity contribution < 1.29 is 19.1 Å². The van der Waals surface area contributed by atoms with E-state index in [4.69, 9.17) is 9.47 Å². The van der Waals surface area contributed by atoms with Gasteiger partial charge in [0, 0.05) is 22.3 Å². The molecule has 0 spiro atoms. The highest BCUT2D eigenvalue weighted by atomic mass is 16.5. The second-order valence-electron chi connectivity index (χ2n) is 6.46. The molecule has 0 fully saturated rings. The van der Waals surface area contributed by atoms with Gasteiger partial charge in [-0.3, -0.25) is 9.59 Å². The molecule has 0 bridgehead atoms. The van der Waals surface area contributed by atoms with Crippen LogP contribution < -0.4 is 20.3 Å². The van der Waals surface area contributed by atoms with Crippen molar-refractivity contribution in [3.63, 3.8) is 0 Å². The molecule has 0 saturated carbocycles. The summed E-state index contributed by atoms with van der Waals surface area (Å²) < 4.78 is 10.5. The Labute approximate surface area is 185 Å². The van der Waals surface area contributed by atoms with Crippen LogP contribution in [0.15, 0.2) is 83.0 Å². The molecule has 162 valence electrons. The number of amides is 2. The second-order valence-corrected chi connectivity index (χ2v) is 6.46. The predicted molar refractivity (Wildman–Crippen MR) is 123 cm³/mol. The third-order valence-electron chi connectivity index (χ3n) is 4.40. The minimum Gasteiger partial charge on any atom is -0.496 e. The van der Waals surface area contributed by atoms with Gasteiger partial charge in [-0.05, 0) is 42.5 Å². The standard InChI is InChI=1S/C24H22N4O4/c1-31-21-12-5-3-8-19(21)15-25-27-23(29)17-10-7-11-18(14-17)24(30)28-26-16-20-9-4-6-13-22(20)32-2/h3-16H,1-2H3,(H,27,29)(H,28,30)/b25-15-,26-16-. The van der Waals surface area contributed by atoms with Crippen LogP contribution in [-0.4, -0.2) is 38.5 Å². The number of nitrogens with one attached hydrogen (secondary N) is 2. The first-order valence-corrected chi connectivity index (χ1v) is 9.65. The van der Waals surface area contributed by atoms with Crippen molar-refractivity contribution >= 4 is 24.2 Å². The van der Waals surface area contributed by atoms with Crippen molar-refractivity contribution in [3.05, 3.63) is 95.1 Å². The van der Waals surface area contributed by atoms with E-state index in [1.54, 1.807) is 44.6 Å². The molecule has 0 aliphatic heterocycles.